The van der Waals surface area contributed by atoms with Gasteiger partial charge in [0.2, 0.25) is 0 Å². The Balaban J connectivity index is 2.75. The van der Waals surface area contributed by atoms with Crippen LogP contribution in [0.5, 0.6) is 0 Å². The van der Waals surface area contributed by atoms with Crippen LogP contribution >= 0.6 is 0 Å². The molecule has 0 fully saturated rings. The maximum Gasteiger partial charge on any atom is 0.0649 e. The van der Waals surface area contributed by atoms with Gasteiger partial charge in [0.1, 0.15) is 0 Å². The molecule has 86 valence electrons. The van der Waals surface area contributed by atoms with E-state index < -0.39 is 0 Å². The minimum Gasteiger partial charge on any atom is -0.381 e. The number of para-hydroxylation sites is 1. The second-order valence-corrected chi connectivity index (χ2v) is 3.68. The van der Waals surface area contributed by atoms with Crippen LogP contribution in [0.15, 0.2) is 54.3 Å². The van der Waals surface area contributed by atoms with Crippen LogP contribution in [0.2, 0.25) is 0 Å². The van der Waals surface area contributed by atoms with Crippen molar-refractivity contribution in [1.29, 1.82) is 0 Å². The Kier molecular flexibility index (Phi) is 4.80. The van der Waals surface area contributed by atoms with E-state index in [4.69, 9.17) is 4.74 Å². The van der Waals surface area contributed by atoms with E-state index in [-0.39, 0.29) is 0 Å². The summed E-state index contributed by atoms with van der Waals surface area (Å²) in [6.45, 7) is 6.75. The second kappa shape index (κ2) is 6.13. The molecule has 0 aliphatic heterocycles. The number of nitrogens with zero attached hydrogens (tertiary/aromatic N) is 1. The molecular formula is C14H19NO. The molecule has 1 aromatic rings. The minimum atomic E-state index is 0.619. The van der Waals surface area contributed by atoms with Crippen molar-refractivity contribution in [2.75, 3.05) is 25.7 Å². The molecule has 0 aliphatic carbocycles. The Morgan fingerprint density at radius 1 is 1.38 bits per heavy atom. The fourth-order valence-corrected chi connectivity index (χ4v) is 1.40. The maximum atomic E-state index is 5.01. The van der Waals surface area contributed by atoms with E-state index in [9.17, 15) is 0 Å². The van der Waals surface area contributed by atoms with Crippen LogP contribution in [-0.2, 0) is 4.74 Å². The maximum absolute atomic E-state index is 5.01. The fraction of sp³-hybridized carbons (Fsp3) is 0.286. The van der Waals surface area contributed by atoms with Gasteiger partial charge in [-0.05, 0) is 24.6 Å². The average molecular weight is 217 g/mol. The number of hydrogen-bond donors (Lipinski definition) is 0. The first kappa shape index (κ1) is 12.5. The number of hydrogen-bond acceptors (Lipinski definition) is 2. The highest BCUT2D eigenvalue weighted by Crippen LogP contribution is 2.19. The normalized spacial score (nSPS) is 11.3. The standard InChI is InChI=1S/C14H19NO/c1-12(10-11-16-4)13(2)15(3)14-8-6-5-7-9-14/h5-10H,2,11H2,1,3-4H3/b12-10-. The van der Waals surface area contributed by atoms with Gasteiger partial charge in [0, 0.05) is 25.5 Å². The molecular weight excluding hydrogens is 198 g/mol. The largest absolute Gasteiger partial charge is 0.381 e. The summed E-state index contributed by atoms with van der Waals surface area (Å²) in [6, 6.07) is 10.2. The Morgan fingerprint density at radius 2 is 2.00 bits per heavy atom. The average Bonchev–Trinajstić information content (AvgIpc) is 2.35. The van der Waals surface area contributed by atoms with Crippen LogP contribution in [0.4, 0.5) is 5.69 Å². The highest BCUT2D eigenvalue weighted by atomic mass is 16.5. The third-order valence-electron chi connectivity index (χ3n) is 2.56. The van der Waals surface area contributed by atoms with Crippen molar-refractivity contribution in [1.82, 2.24) is 0 Å². The smallest absolute Gasteiger partial charge is 0.0649 e. The molecule has 0 atom stereocenters. The van der Waals surface area contributed by atoms with Crippen LogP contribution in [-0.4, -0.2) is 20.8 Å². The van der Waals surface area contributed by atoms with Gasteiger partial charge in [0.25, 0.3) is 0 Å². The van der Waals surface area contributed by atoms with Crippen LogP contribution in [0, 0.1) is 0 Å². The van der Waals surface area contributed by atoms with Gasteiger partial charge in [0.15, 0.2) is 0 Å². The third kappa shape index (κ3) is 3.24. The molecule has 0 saturated heterocycles. The molecule has 2 heteroatoms. The molecule has 0 saturated carbocycles. The van der Waals surface area contributed by atoms with Crippen LogP contribution < -0.4 is 4.90 Å². The SMILES string of the molecule is C=C(/C(C)=C\COC)N(C)c1ccccc1. The topological polar surface area (TPSA) is 12.5 Å². The number of methoxy groups -OCH3 is 1. The lowest BCUT2D eigenvalue weighted by Crippen LogP contribution is -2.16. The summed E-state index contributed by atoms with van der Waals surface area (Å²) in [5.74, 6) is 0. The van der Waals surface area contributed by atoms with Gasteiger partial charge in [-0.1, -0.05) is 30.9 Å². The van der Waals surface area contributed by atoms with Crippen molar-refractivity contribution >= 4 is 5.69 Å². The monoisotopic (exact) mass is 217 g/mol. The number of likely N-dealkylation sites (N-methyl/N-ethyl adjacent to an activating group) is 1. The van der Waals surface area contributed by atoms with Gasteiger partial charge in [-0.15, -0.1) is 0 Å². The molecule has 0 spiro atoms. The number of benzene rings is 1. The van der Waals surface area contributed by atoms with Crippen molar-refractivity contribution in [2.24, 2.45) is 0 Å². The molecule has 1 rings (SSSR count). The molecule has 0 amide bonds. The van der Waals surface area contributed by atoms with Crippen LogP contribution in [0.3, 0.4) is 0 Å². The van der Waals surface area contributed by atoms with E-state index >= 15 is 0 Å². The molecule has 0 bridgehead atoms. The molecule has 2 nitrogen and oxygen atoms in total. The van der Waals surface area contributed by atoms with Crippen molar-refractivity contribution in [3.63, 3.8) is 0 Å². The minimum absolute atomic E-state index is 0.619. The highest BCUT2D eigenvalue weighted by molar-refractivity contribution is 5.54. The molecule has 1 aromatic carbocycles. The van der Waals surface area contributed by atoms with Crippen molar-refractivity contribution in [3.8, 4) is 0 Å². The first-order chi connectivity index (χ1) is 7.66. The lowest BCUT2D eigenvalue weighted by atomic mass is 10.2. The summed E-state index contributed by atoms with van der Waals surface area (Å²) >= 11 is 0. The van der Waals surface area contributed by atoms with Crippen molar-refractivity contribution in [3.05, 3.63) is 54.3 Å². The number of rotatable bonds is 5. The van der Waals surface area contributed by atoms with E-state index in [2.05, 4.69) is 23.6 Å². The zero-order valence-electron chi connectivity index (χ0n) is 10.2. The Bertz CT molecular complexity index is 368. The zero-order valence-corrected chi connectivity index (χ0v) is 10.2. The van der Waals surface area contributed by atoms with E-state index in [1.54, 1.807) is 7.11 Å². The van der Waals surface area contributed by atoms with Crippen LogP contribution in [0.25, 0.3) is 0 Å². The van der Waals surface area contributed by atoms with Gasteiger partial charge in [-0.3, -0.25) is 0 Å². The molecule has 16 heavy (non-hydrogen) atoms. The zero-order chi connectivity index (χ0) is 12.0. The molecule has 0 radical (unpaired) electrons. The molecule has 0 aromatic heterocycles. The Morgan fingerprint density at radius 3 is 2.56 bits per heavy atom. The first-order valence-electron chi connectivity index (χ1n) is 5.30. The molecule has 0 aliphatic rings. The van der Waals surface area contributed by atoms with Crippen LogP contribution in [0.1, 0.15) is 6.92 Å². The summed E-state index contributed by atoms with van der Waals surface area (Å²) < 4.78 is 5.01. The van der Waals surface area contributed by atoms with Gasteiger partial charge in [0.05, 0.1) is 6.61 Å². The third-order valence-corrected chi connectivity index (χ3v) is 2.56. The number of allylic oxidation sites excluding steroid dienone is 1. The molecule has 0 unspecified atom stereocenters. The number of ether oxygens (including phenoxy) is 1. The van der Waals surface area contributed by atoms with Gasteiger partial charge < -0.3 is 9.64 Å². The molecule has 0 heterocycles. The van der Waals surface area contributed by atoms with Gasteiger partial charge in [-0.25, -0.2) is 0 Å². The summed E-state index contributed by atoms with van der Waals surface area (Å²) in [5, 5.41) is 0. The fourth-order valence-electron chi connectivity index (χ4n) is 1.40. The molecule has 0 N–H and O–H groups in total. The first-order valence-corrected chi connectivity index (χ1v) is 5.30. The predicted octanol–water partition coefficient (Wildman–Crippen LogP) is 3.23. The van der Waals surface area contributed by atoms with E-state index in [1.165, 1.54) is 0 Å². The highest BCUT2D eigenvalue weighted by Gasteiger charge is 2.05. The Hall–Kier alpha value is -1.54. The predicted molar refractivity (Wildman–Crippen MR) is 69.6 cm³/mol. The number of anilines is 1. The summed E-state index contributed by atoms with van der Waals surface area (Å²) in [4.78, 5) is 2.07. The van der Waals surface area contributed by atoms with E-state index in [0.29, 0.717) is 6.61 Å². The van der Waals surface area contributed by atoms with Crippen molar-refractivity contribution < 1.29 is 4.74 Å². The second-order valence-electron chi connectivity index (χ2n) is 3.68. The van der Waals surface area contributed by atoms with Gasteiger partial charge >= 0.3 is 0 Å². The van der Waals surface area contributed by atoms with Crippen molar-refractivity contribution in [2.45, 2.75) is 6.92 Å². The Labute approximate surface area is 97.8 Å². The summed E-state index contributed by atoms with van der Waals surface area (Å²) in [7, 11) is 3.70. The lowest BCUT2D eigenvalue weighted by molar-refractivity contribution is 0.233. The van der Waals surface area contributed by atoms with E-state index in [1.807, 2.05) is 38.2 Å². The van der Waals surface area contributed by atoms with E-state index in [0.717, 1.165) is 17.0 Å². The van der Waals surface area contributed by atoms with Gasteiger partial charge in [-0.2, -0.15) is 0 Å². The summed E-state index contributed by atoms with van der Waals surface area (Å²) in [5.41, 5.74) is 3.26. The quantitative estimate of drug-likeness (QED) is 0.702. The summed E-state index contributed by atoms with van der Waals surface area (Å²) in [6.07, 6.45) is 2.03. The lowest BCUT2D eigenvalue weighted by Gasteiger charge is -2.22.